The largest absolute Gasteiger partial charge is 0.493 e. The standard InChI is InChI=1S/C12H16BrNO2S/c1-3-15-10-6-5-8(13)12(16-4-2)11(10)9(14)7-17/h5-7,17H,3-4,14H2,1-2H3/b9-7-. The second-order valence-corrected chi connectivity index (χ2v) is 4.31. The van der Waals surface area contributed by atoms with Gasteiger partial charge >= 0.3 is 0 Å². The van der Waals surface area contributed by atoms with Crippen molar-refractivity contribution in [2.24, 2.45) is 5.73 Å². The highest BCUT2D eigenvalue weighted by atomic mass is 79.9. The summed E-state index contributed by atoms with van der Waals surface area (Å²) < 4.78 is 12.0. The average molecular weight is 318 g/mol. The molecule has 0 atom stereocenters. The van der Waals surface area contributed by atoms with E-state index in [1.807, 2.05) is 26.0 Å². The van der Waals surface area contributed by atoms with E-state index in [1.165, 1.54) is 5.41 Å². The molecule has 94 valence electrons. The van der Waals surface area contributed by atoms with Gasteiger partial charge in [0.2, 0.25) is 0 Å². The topological polar surface area (TPSA) is 44.5 Å². The predicted molar refractivity (Wildman–Crippen MR) is 77.6 cm³/mol. The van der Waals surface area contributed by atoms with Crippen LogP contribution in [0, 0.1) is 0 Å². The molecule has 0 heterocycles. The lowest BCUT2D eigenvalue weighted by Crippen LogP contribution is -2.05. The minimum absolute atomic E-state index is 0.515. The van der Waals surface area contributed by atoms with Crippen molar-refractivity contribution in [1.82, 2.24) is 0 Å². The number of ether oxygens (including phenoxy) is 2. The van der Waals surface area contributed by atoms with E-state index in [4.69, 9.17) is 15.2 Å². The van der Waals surface area contributed by atoms with E-state index in [2.05, 4.69) is 28.6 Å². The molecule has 1 aromatic rings. The van der Waals surface area contributed by atoms with Gasteiger partial charge in [0.05, 0.1) is 28.9 Å². The molecule has 1 rings (SSSR count). The molecule has 0 aliphatic heterocycles. The highest BCUT2D eigenvalue weighted by molar-refractivity contribution is 9.10. The Morgan fingerprint density at radius 3 is 2.53 bits per heavy atom. The Morgan fingerprint density at radius 1 is 1.35 bits per heavy atom. The van der Waals surface area contributed by atoms with Crippen molar-refractivity contribution >= 4 is 34.3 Å². The summed E-state index contributed by atoms with van der Waals surface area (Å²) >= 11 is 7.52. The Bertz CT molecular complexity index is 421. The van der Waals surface area contributed by atoms with Crippen molar-refractivity contribution in [2.75, 3.05) is 13.2 Å². The Hall–Kier alpha value is -0.810. The zero-order chi connectivity index (χ0) is 12.8. The first kappa shape index (κ1) is 14.3. The number of benzene rings is 1. The minimum Gasteiger partial charge on any atom is -0.493 e. The van der Waals surface area contributed by atoms with E-state index >= 15 is 0 Å². The van der Waals surface area contributed by atoms with Crippen molar-refractivity contribution in [3.63, 3.8) is 0 Å². The summed E-state index contributed by atoms with van der Waals surface area (Å²) in [5, 5.41) is 1.53. The van der Waals surface area contributed by atoms with E-state index < -0.39 is 0 Å². The Balaban J connectivity index is 3.38. The fourth-order valence-electron chi connectivity index (χ4n) is 1.44. The molecule has 0 saturated heterocycles. The third-order valence-electron chi connectivity index (χ3n) is 2.09. The zero-order valence-electron chi connectivity index (χ0n) is 9.87. The van der Waals surface area contributed by atoms with Gasteiger partial charge < -0.3 is 15.2 Å². The van der Waals surface area contributed by atoms with Gasteiger partial charge in [0, 0.05) is 0 Å². The van der Waals surface area contributed by atoms with Crippen LogP contribution in [0.3, 0.4) is 0 Å². The molecule has 0 saturated carbocycles. The van der Waals surface area contributed by atoms with Crippen LogP contribution in [0.4, 0.5) is 0 Å². The van der Waals surface area contributed by atoms with E-state index in [0.717, 1.165) is 10.0 Å². The molecule has 2 N–H and O–H groups in total. The molecule has 0 aliphatic rings. The SMILES string of the molecule is CCOc1ccc(Br)c(OCC)c1/C(N)=C/S. The second-order valence-electron chi connectivity index (χ2n) is 3.20. The lowest BCUT2D eigenvalue weighted by atomic mass is 10.1. The minimum atomic E-state index is 0.515. The summed E-state index contributed by atoms with van der Waals surface area (Å²) in [6, 6.07) is 3.74. The van der Waals surface area contributed by atoms with Gasteiger partial charge in [0.25, 0.3) is 0 Å². The molecule has 0 aliphatic carbocycles. The number of thiol groups is 1. The third-order valence-corrected chi connectivity index (χ3v) is 2.99. The van der Waals surface area contributed by atoms with E-state index in [9.17, 15) is 0 Å². The molecule has 0 amide bonds. The smallest absolute Gasteiger partial charge is 0.146 e. The Morgan fingerprint density at radius 2 is 2.00 bits per heavy atom. The molecular formula is C12H16BrNO2S. The lowest BCUT2D eigenvalue weighted by molar-refractivity contribution is 0.320. The van der Waals surface area contributed by atoms with Crippen LogP contribution >= 0.6 is 28.6 Å². The van der Waals surface area contributed by atoms with Gasteiger partial charge in [0.1, 0.15) is 11.5 Å². The van der Waals surface area contributed by atoms with E-state index in [-0.39, 0.29) is 0 Å². The van der Waals surface area contributed by atoms with Crippen molar-refractivity contribution < 1.29 is 9.47 Å². The van der Waals surface area contributed by atoms with Crippen LogP contribution in [0.1, 0.15) is 19.4 Å². The monoisotopic (exact) mass is 317 g/mol. The van der Waals surface area contributed by atoms with Gasteiger partial charge in [-0.3, -0.25) is 0 Å². The number of rotatable bonds is 5. The second kappa shape index (κ2) is 6.81. The van der Waals surface area contributed by atoms with Gasteiger partial charge in [-0.15, -0.1) is 12.6 Å². The Kier molecular flexibility index (Phi) is 5.71. The molecule has 0 spiro atoms. The maximum atomic E-state index is 5.93. The Labute approximate surface area is 116 Å². The van der Waals surface area contributed by atoms with Crippen LogP contribution in [0.15, 0.2) is 22.0 Å². The molecule has 0 fully saturated rings. The van der Waals surface area contributed by atoms with Crippen molar-refractivity contribution in [2.45, 2.75) is 13.8 Å². The number of nitrogens with two attached hydrogens (primary N) is 1. The molecule has 0 bridgehead atoms. The van der Waals surface area contributed by atoms with Crippen LogP contribution in [-0.4, -0.2) is 13.2 Å². The summed E-state index contributed by atoms with van der Waals surface area (Å²) in [4.78, 5) is 0. The van der Waals surface area contributed by atoms with Crippen molar-refractivity contribution in [3.8, 4) is 11.5 Å². The first-order chi connectivity index (χ1) is 8.15. The van der Waals surface area contributed by atoms with Crippen LogP contribution in [0.2, 0.25) is 0 Å². The molecule has 1 aromatic carbocycles. The molecule has 0 aromatic heterocycles. The summed E-state index contributed by atoms with van der Waals surface area (Å²) in [6.07, 6.45) is 0. The van der Waals surface area contributed by atoms with Crippen LogP contribution in [-0.2, 0) is 0 Å². The van der Waals surface area contributed by atoms with Gasteiger partial charge in [-0.2, -0.15) is 0 Å². The summed E-state index contributed by atoms with van der Waals surface area (Å²) in [6.45, 7) is 4.97. The van der Waals surface area contributed by atoms with Gasteiger partial charge in [0.15, 0.2) is 0 Å². The average Bonchev–Trinajstić information content (AvgIpc) is 2.33. The van der Waals surface area contributed by atoms with E-state index in [0.29, 0.717) is 30.4 Å². The maximum absolute atomic E-state index is 5.93. The predicted octanol–water partition coefficient (Wildman–Crippen LogP) is 3.43. The van der Waals surface area contributed by atoms with Crippen molar-refractivity contribution in [3.05, 3.63) is 27.6 Å². The van der Waals surface area contributed by atoms with Crippen LogP contribution in [0.5, 0.6) is 11.5 Å². The number of hydrogen-bond acceptors (Lipinski definition) is 4. The molecule has 3 nitrogen and oxygen atoms in total. The van der Waals surface area contributed by atoms with E-state index in [1.54, 1.807) is 0 Å². The normalized spacial score (nSPS) is 11.4. The van der Waals surface area contributed by atoms with Crippen molar-refractivity contribution in [1.29, 1.82) is 0 Å². The van der Waals surface area contributed by atoms with Gasteiger partial charge in [-0.25, -0.2) is 0 Å². The first-order valence-corrected chi connectivity index (χ1v) is 6.64. The fraction of sp³-hybridized carbons (Fsp3) is 0.333. The molecular weight excluding hydrogens is 302 g/mol. The van der Waals surface area contributed by atoms with Crippen LogP contribution < -0.4 is 15.2 Å². The fourth-order valence-corrected chi connectivity index (χ4v) is 2.01. The highest BCUT2D eigenvalue weighted by Crippen LogP contribution is 2.39. The number of halogens is 1. The lowest BCUT2D eigenvalue weighted by Gasteiger charge is -2.16. The first-order valence-electron chi connectivity index (χ1n) is 5.34. The summed E-state index contributed by atoms with van der Waals surface area (Å²) in [5.41, 5.74) is 7.18. The molecule has 17 heavy (non-hydrogen) atoms. The molecule has 0 radical (unpaired) electrons. The quantitative estimate of drug-likeness (QED) is 0.818. The molecule has 0 unspecified atom stereocenters. The summed E-state index contributed by atoms with van der Waals surface area (Å²) in [5.74, 6) is 1.38. The zero-order valence-corrected chi connectivity index (χ0v) is 12.3. The summed E-state index contributed by atoms with van der Waals surface area (Å²) in [7, 11) is 0. The molecule has 5 heteroatoms. The van der Waals surface area contributed by atoms with Crippen LogP contribution in [0.25, 0.3) is 5.70 Å². The third kappa shape index (κ3) is 3.33. The maximum Gasteiger partial charge on any atom is 0.146 e. The number of hydrogen-bond donors (Lipinski definition) is 2. The van der Waals surface area contributed by atoms with Gasteiger partial charge in [-0.1, -0.05) is 0 Å². The highest BCUT2D eigenvalue weighted by Gasteiger charge is 2.16. The van der Waals surface area contributed by atoms with Gasteiger partial charge in [-0.05, 0) is 47.3 Å².